The maximum atomic E-state index is 12.5. The van der Waals surface area contributed by atoms with Crippen LogP contribution in [-0.4, -0.2) is 35.1 Å². The van der Waals surface area contributed by atoms with Crippen molar-refractivity contribution in [1.82, 2.24) is 4.90 Å². The van der Waals surface area contributed by atoms with Crippen LogP contribution in [0, 0.1) is 0 Å². The second-order valence-corrected chi connectivity index (χ2v) is 7.05. The number of hydrogen-bond donors (Lipinski definition) is 1. The maximum Gasteiger partial charge on any atom is 0.412 e. The fraction of sp³-hybridized carbons (Fsp3) is 0.556. The van der Waals surface area contributed by atoms with Gasteiger partial charge in [-0.3, -0.25) is 10.1 Å². The molecule has 2 rings (SSSR count). The first-order chi connectivity index (χ1) is 10.8. The van der Waals surface area contributed by atoms with Crippen LogP contribution in [0.5, 0.6) is 0 Å². The molecule has 0 radical (unpaired) electrons. The van der Waals surface area contributed by atoms with Crippen molar-refractivity contribution in [1.29, 1.82) is 0 Å². The smallest absolute Gasteiger partial charge is 0.412 e. The highest BCUT2D eigenvalue weighted by Crippen LogP contribution is 2.20. The summed E-state index contributed by atoms with van der Waals surface area (Å²) in [5.41, 5.74) is 0.723. The number of likely N-dealkylation sites (tertiary alicyclic amines) is 1. The average molecular weight is 318 g/mol. The Morgan fingerprint density at radius 2 is 1.83 bits per heavy atom. The second-order valence-electron chi connectivity index (χ2n) is 7.05. The SMILES string of the molecule is CC1CCCCN1C(=O)c1ccc(NC(=O)OC(C)(C)C)cc1. The number of rotatable bonds is 2. The van der Waals surface area contributed by atoms with Crippen molar-refractivity contribution in [3.05, 3.63) is 29.8 Å². The number of nitrogens with zero attached hydrogens (tertiary/aromatic N) is 1. The number of carbonyl (C=O) groups is 2. The van der Waals surface area contributed by atoms with Crippen LogP contribution in [0.15, 0.2) is 24.3 Å². The summed E-state index contributed by atoms with van der Waals surface area (Å²) in [5.74, 6) is 0.0565. The standard InChI is InChI=1S/C18H26N2O3/c1-13-7-5-6-12-20(13)16(21)14-8-10-15(11-9-14)19-17(22)23-18(2,3)4/h8-11,13H,5-7,12H2,1-4H3,(H,19,22). The van der Waals surface area contributed by atoms with Gasteiger partial charge < -0.3 is 9.64 Å². The van der Waals surface area contributed by atoms with Crippen LogP contribution in [0.4, 0.5) is 10.5 Å². The van der Waals surface area contributed by atoms with E-state index in [4.69, 9.17) is 4.74 Å². The van der Waals surface area contributed by atoms with Gasteiger partial charge in [-0.05, 0) is 71.2 Å². The van der Waals surface area contributed by atoms with Gasteiger partial charge in [0, 0.05) is 23.8 Å². The summed E-state index contributed by atoms with van der Waals surface area (Å²) in [6.07, 6.45) is 2.81. The van der Waals surface area contributed by atoms with Crippen LogP contribution in [0.2, 0.25) is 0 Å². The Bertz CT molecular complexity index is 561. The molecule has 1 saturated heterocycles. The molecule has 1 heterocycles. The quantitative estimate of drug-likeness (QED) is 0.895. The summed E-state index contributed by atoms with van der Waals surface area (Å²) in [5, 5.41) is 2.67. The molecule has 1 atom stereocenters. The monoisotopic (exact) mass is 318 g/mol. The highest BCUT2D eigenvalue weighted by Gasteiger charge is 2.24. The summed E-state index contributed by atoms with van der Waals surface area (Å²) >= 11 is 0. The number of nitrogens with one attached hydrogen (secondary N) is 1. The van der Waals surface area contributed by atoms with Crippen molar-refractivity contribution in [2.45, 2.75) is 58.6 Å². The van der Waals surface area contributed by atoms with Gasteiger partial charge in [-0.25, -0.2) is 4.79 Å². The van der Waals surface area contributed by atoms with Gasteiger partial charge in [-0.2, -0.15) is 0 Å². The van der Waals surface area contributed by atoms with Crippen molar-refractivity contribution in [2.24, 2.45) is 0 Å². The van der Waals surface area contributed by atoms with Gasteiger partial charge in [0.25, 0.3) is 5.91 Å². The Labute approximate surface area is 138 Å². The zero-order valence-corrected chi connectivity index (χ0v) is 14.4. The van der Waals surface area contributed by atoms with Gasteiger partial charge in [0.2, 0.25) is 0 Å². The lowest BCUT2D eigenvalue weighted by atomic mass is 10.0. The van der Waals surface area contributed by atoms with Crippen LogP contribution in [-0.2, 0) is 4.74 Å². The number of anilines is 1. The van der Waals surface area contributed by atoms with Crippen molar-refractivity contribution in [3.63, 3.8) is 0 Å². The molecule has 5 nitrogen and oxygen atoms in total. The average Bonchev–Trinajstić information content (AvgIpc) is 2.46. The summed E-state index contributed by atoms with van der Waals surface area (Å²) < 4.78 is 5.20. The summed E-state index contributed by atoms with van der Waals surface area (Å²) in [7, 11) is 0. The number of piperidine rings is 1. The topological polar surface area (TPSA) is 58.6 Å². The van der Waals surface area contributed by atoms with Crippen LogP contribution in [0.25, 0.3) is 0 Å². The first kappa shape index (κ1) is 17.3. The van der Waals surface area contributed by atoms with E-state index in [0.29, 0.717) is 11.3 Å². The molecule has 0 bridgehead atoms. The van der Waals surface area contributed by atoms with Crippen molar-refractivity contribution in [2.75, 3.05) is 11.9 Å². The number of ether oxygens (including phenoxy) is 1. The Kier molecular flexibility index (Phi) is 5.29. The number of amides is 2. The molecule has 23 heavy (non-hydrogen) atoms. The maximum absolute atomic E-state index is 12.5. The largest absolute Gasteiger partial charge is 0.444 e. The van der Waals surface area contributed by atoms with Gasteiger partial charge in [-0.1, -0.05) is 0 Å². The molecule has 1 N–H and O–H groups in total. The van der Waals surface area contributed by atoms with Gasteiger partial charge in [-0.15, -0.1) is 0 Å². The molecular weight excluding hydrogens is 292 g/mol. The molecule has 2 amide bonds. The molecule has 1 aromatic rings. The van der Waals surface area contributed by atoms with E-state index in [1.54, 1.807) is 24.3 Å². The third-order valence-corrected chi connectivity index (χ3v) is 3.84. The Morgan fingerprint density at radius 1 is 1.17 bits per heavy atom. The molecule has 1 fully saturated rings. The minimum absolute atomic E-state index is 0.0565. The van der Waals surface area contributed by atoms with E-state index in [-0.39, 0.29) is 11.9 Å². The molecule has 1 aliphatic rings. The Morgan fingerprint density at radius 3 is 2.39 bits per heavy atom. The lowest BCUT2D eigenvalue weighted by Gasteiger charge is -2.33. The van der Waals surface area contributed by atoms with E-state index in [9.17, 15) is 9.59 Å². The molecule has 1 aliphatic heterocycles. The molecule has 0 aliphatic carbocycles. The Balaban J connectivity index is 1.99. The highest BCUT2D eigenvalue weighted by molar-refractivity contribution is 5.95. The first-order valence-corrected chi connectivity index (χ1v) is 8.17. The highest BCUT2D eigenvalue weighted by atomic mass is 16.6. The molecule has 1 unspecified atom stereocenters. The third-order valence-electron chi connectivity index (χ3n) is 3.84. The minimum atomic E-state index is -0.537. The van der Waals surface area contributed by atoms with Gasteiger partial charge in [0.1, 0.15) is 5.60 Å². The second kappa shape index (κ2) is 7.02. The minimum Gasteiger partial charge on any atom is -0.444 e. The predicted octanol–water partition coefficient (Wildman–Crippen LogP) is 4.05. The lowest BCUT2D eigenvalue weighted by Crippen LogP contribution is -2.42. The normalized spacial score (nSPS) is 18.4. The van der Waals surface area contributed by atoms with Crippen molar-refractivity contribution < 1.29 is 14.3 Å². The zero-order valence-electron chi connectivity index (χ0n) is 14.4. The number of benzene rings is 1. The van der Waals surface area contributed by atoms with E-state index >= 15 is 0 Å². The van der Waals surface area contributed by atoms with E-state index in [1.807, 2.05) is 25.7 Å². The first-order valence-electron chi connectivity index (χ1n) is 8.17. The van der Waals surface area contributed by atoms with Crippen molar-refractivity contribution >= 4 is 17.7 Å². The van der Waals surface area contributed by atoms with E-state index in [2.05, 4.69) is 12.2 Å². The number of hydrogen-bond acceptors (Lipinski definition) is 3. The van der Waals surface area contributed by atoms with Crippen LogP contribution >= 0.6 is 0 Å². The van der Waals surface area contributed by atoms with E-state index in [1.165, 1.54) is 6.42 Å². The van der Waals surface area contributed by atoms with Gasteiger partial charge in [0.05, 0.1) is 0 Å². The van der Waals surface area contributed by atoms with Gasteiger partial charge >= 0.3 is 6.09 Å². The molecule has 0 saturated carbocycles. The number of carbonyl (C=O) groups excluding carboxylic acids is 2. The van der Waals surface area contributed by atoms with Crippen LogP contribution < -0.4 is 5.32 Å². The zero-order chi connectivity index (χ0) is 17.0. The molecule has 0 spiro atoms. The van der Waals surface area contributed by atoms with Crippen molar-refractivity contribution in [3.8, 4) is 0 Å². The van der Waals surface area contributed by atoms with Crippen LogP contribution in [0.3, 0.4) is 0 Å². The molecular formula is C18H26N2O3. The molecule has 5 heteroatoms. The Hall–Kier alpha value is -2.04. The van der Waals surface area contributed by atoms with Crippen LogP contribution in [0.1, 0.15) is 57.3 Å². The fourth-order valence-electron chi connectivity index (χ4n) is 2.68. The molecule has 1 aromatic carbocycles. The fourth-order valence-corrected chi connectivity index (χ4v) is 2.68. The summed E-state index contributed by atoms with van der Waals surface area (Å²) in [6, 6.07) is 7.24. The summed E-state index contributed by atoms with van der Waals surface area (Å²) in [6.45, 7) is 8.35. The lowest BCUT2D eigenvalue weighted by molar-refractivity contribution is 0.0628. The van der Waals surface area contributed by atoms with Gasteiger partial charge in [0.15, 0.2) is 0 Å². The van der Waals surface area contributed by atoms with E-state index < -0.39 is 11.7 Å². The molecule has 126 valence electrons. The van der Waals surface area contributed by atoms with E-state index in [0.717, 1.165) is 19.4 Å². The molecule has 0 aromatic heterocycles. The predicted molar refractivity (Wildman–Crippen MR) is 90.6 cm³/mol. The summed E-state index contributed by atoms with van der Waals surface area (Å²) in [4.78, 5) is 26.2. The third kappa shape index (κ3) is 4.98.